The second kappa shape index (κ2) is 5.45. The molecule has 1 aromatic carbocycles. The number of furan rings is 1. The van der Waals surface area contributed by atoms with Gasteiger partial charge in [-0.3, -0.25) is 4.79 Å². The molecule has 0 saturated heterocycles. The van der Waals surface area contributed by atoms with Gasteiger partial charge in [0.05, 0.1) is 18.0 Å². The van der Waals surface area contributed by atoms with Gasteiger partial charge in [0.15, 0.2) is 0 Å². The molecule has 4 nitrogen and oxygen atoms in total. The molecule has 0 aliphatic heterocycles. The molecule has 0 spiro atoms. The fourth-order valence-electron chi connectivity index (χ4n) is 1.22. The minimum Gasteiger partial charge on any atom is -0.463 e. The molecule has 1 amide bonds. The van der Waals surface area contributed by atoms with Crippen molar-refractivity contribution in [1.29, 1.82) is 0 Å². The maximum absolute atomic E-state index is 11.7. The number of rotatable bonds is 3. The Morgan fingerprint density at radius 2 is 2.12 bits per heavy atom. The van der Waals surface area contributed by atoms with E-state index in [1.807, 2.05) is 6.07 Å². The van der Waals surface area contributed by atoms with Crippen LogP contribution in [0.25, 0.3) is 0 Å². The molecule has 0 saturated carbocycles. The smallest absolute Gasteiger partial charge is 0.272 e. The maximum Gasteiger partial charge on any atom is 0.272 e. The van der Waals surface area contributed by atoms with Gasteiger partial charge in [-0.1, -0.05) is 12.1 Å². The summed E-state index contributed by atoms with van der Waals surface area (Å²) in [7, 11) is 0. The van der Waals surface area contributed by atoms with Gasteiger partial charge in [-0.2, -0.15) is 5.10 Å². The van der Waals surface area contributed by atoms with Crippen LogP contribution in [0.4, 0.5) is 0 Å². The summed E-state index contributed by atoms with van der Waals surface area (Å²) in [6.45, 7) is 0. The van der Waals surface area contributed by atoms with E-state index in [1.54, 1.807) is 30.3 Å². The molecule has 17 heavy (non-hydrogen) atoms. The fourth-order valence-corrected chi connectivity index (χ4v) is 1.69. The van der Waals surface area contributed by atoms with Crippen LogP contribution in [0.2, 0.25) is 0 Å². The topological polar surface area (TPSA) is 54.6 Å². The molecule has 1 aromatic heterocycles. The lowest BCUT2D eigenvalue weighted by atomic mass is 10.2. The van der Waals surface area contributed by atoms with E-state index in [1.165, 1.54) is 12.5 Å². The maximum atomic E-state index is 11.7. The van der Waals surface area contributed by atoms with Crippen LogP contribution >= 0.6 is 15.9 Å². The number of hydrogen-bond donors (Lipinski definition) is 1. The third-order valence-electron chi connectivity index (χ3n) is 2.02. The van der Waals surface area contributed by atoms with Gasteiger partial charge in [-0.05, 0) is 40.2 Å². The first-order valence-electron chi connectivity index (χ1n) is 4.89. The van der Waals surface area contributed by atoms with Gasteiger partial charge in [-0.25, -0.2) is 5.43 Å². The van der Waals surface area contributed by atoms with E-state index in [2.05, 4.69) is 26.5 Å². The number of halogens is 1. The summed E-state index contributed by atoms with van der Waals surface area (Å²) >= 11 is 3.30. The van der Waals surface area contributed by atoms with Crippen LogP contribution in [0.1, 0.15) is 16.1 Å². The lowest BCUT2D eigenvalue weighted by molar-refractivity contribution is 0.0954. The monoisotopic (exact) mass is 292 g/mol. The van der Waals surface area contributed by atoms with Crippen molar-refractivity contribution in [3.63, 3.8) is 0 Å². The van der Waals surface area contributed by atoms with Gasteiger partial charge < -0.3 is 4.42 Å². The van der Waals surface area contributed by atoms with Crippen LogP contribution in [0, 0.1) is 0 Å². The summed E-state index contributed by atoms with van der Waals surface area (Å²) in [5, 5.41) is 3.79. The van der Waals surface area contributed by atoms with E-state index >= 15 is 0 Å². The van der Waals surface area contributed by atoms with E-state index in [-0.39, 0.29) is 5.91 Å². The summed E-state index contributed by atoms with van der Waals surface area (Å²) in [5.41, 5.74) is 2.95. The number of amides is 1. The fraction of sp³-hybridized carbons (Fsp3) is 0. The predicted octanol–water partition coefficient (Wildman–Crippen LogP) is 2.81. The standard InChI is InChI=1S/C12H9BrN2O2/c13-11-6-2-1-5-10(11)12(16)15-14-8-9-4-3-7-17-9/h1-8H,(H,15,16)/b14-8-. The highest BCUT2D eigenvalue weighted by Gasteiger charge is 2.07. The Bertz CT molecular complexity index is 535. The van der Waals surface area contributed by atoms with Crippen molar-refractivity contribution in [2.24, 2.45) is 5.10 Å². The Hall–Kier alpha value is -1.88. The Morgan fingerprint density at radius 1 is 1.29 bits per heavy atom. The molecule has 0 aliphatic carbocycles. The SMILES string of the molecule is O=C(N/N=C\c1ccco1)c1ccccc1Br. The second-order valence-electron chi connectivity index (χ2n) is 3.19. The van der Waals surface area contributed by atoms with Crippen molar-refractivity contribution < 1.29 is 9.21 Å². The Labute approximate surface area is 106 Å². The average Bonchev–Trinajstić information content (AvgIpc) is 2.82. The van der Waals surface area contributed by atoms with Crippen LogP contribution in [-0.4, -0.2) is 12.1 Å². The zero-order valence-electron chi connectivity index (χ0n) is 8.76. The van der Waals surface area contributed by atoms with Gasteiger partial charge in [-0.15, -0.1) is 0 Å². The molecule has 0 unspecified atom stereocenters. The Kier molecular flexibility index (Phi) is 3.72. The first-order valence-corrected chi connectivity index (χ1v) is 5.68. The largest absolute Gasteiger partial charge is 0.463 e. The van der Waals surface area contributed by atoms with E-state index in [0.29, 0.717) is 11.3 Å². The van der Waals surface area contributed by atoms with Crippen LogP contribution in [-0.2, 0) is 0 Å². The van der Waals surface area contributed by atoms with Crippen LogP contribution < -0.4 is 5.43 Å². The molecule has 0 bridgehead atoms. The number of hydrazone groups is 1. The number of hydrogen-bond acceptors (Lipinski definition) is 3. The van der Waals surface area contributed by atoms with Crippen LogP contribution in [0.15, 0.2) is 56.7 Å². The van der Waals surface area contributed by atoms with Crippen molar-refractivity contribution in [2.45, 2.75) is 0 Å². The van der Waals surface area contributed by atoms with Crippen molar-refractivity contribution in [2.75, 3.05) is 0 Å². The molecular weight excluding hydrogens is 284 g/mol. The first-order chi connectivity index (χ1) is 8.27. The highest BCUT2D eigenvalue weighted by Crippen LogP contribution is 2.15. The first kappa shape index (κ1) is 11.6. The summed E-state index contributed by atoms with van der Waals surface area (Å²) in [6, 6.07) is 10.6. The molecule has 0 aliphatic rings. The molecule has 0 fully saturated rings. The number of carbonyl (C=O) groups excluding carboxylic acids is 1. The normalized spacial score (nSPS) is 10.6. The van der Waals surface area contributed by atoms with E-state index in [0.717, 1.165) is 4.47 Å². The molecular formula is C12H9BrN2O2. The number of benzene rings is 1. The molecule has 0 radical (unpaired) electrons. The zero-order chi connectivity index (χ0) is 12.1. The summed E-state index contributed by atoms with van der Waals surface area (Å²) in [5.74, 6) is 0.303. The third kappa shape index (κ3) is 3.04. The average molecular weight is 293 g/mol. The number of nitrogens with zero attached hydrogens (tertiary/aromatic N) is 1. The zero-order valence-corrected chi connectivity index (χ0v) is 10.3. The van der Waals surface area contributed by atoms with Gasteiger partial charge in [0.1, 0.15) is 5.76 Å². The van der Waals surface area contributed by atoms with Gasteiger partial charge in [0.25, 0.3) is 5.91 Å². The summed E-state index contributed by atoms with van der Waals surface area (Å²) in [6.07, 6.45) is 2.98. The minimum absolute atomic E-state index is 0.278. The van der Waals surface area contributed by atoms with Crippen molar-refractivity contribution in [3.05, 3.63) is 58.5 Å². The molecule has 1 N–H and O–H groups in total. The summed E-state index contributed by atoms with van der Waals surface area (Å²) in [4.78, 5) is 11.7. The van der Waals surface area contributed by atoms with Crippen LogP contribution in [0.3, 0.4) is 0 Å². The van der Waals surface area contributed by atoms with Crippen molar-refractivity contribution in [3.8, 4) is 0 Å². The van der Waals surface area contributed by atoms with E-state index in [9.17, 15) is 4.79 Å². The number of nitrogens with one attached hydrogen (secondary N) is 1. The quantitative estimate of drug-likeness (QED) is 0.699. The molecule has 86 valence electrons. The Balaban J connectivity index is 2.01. The minimum atomic E-state index is -0.278. The summed E-state index contributed by atoms with van der Waals surface area (Å²) < 4.78 is 5.76. The van der Waals surface area contributed by atoms with Gasteiger partial charge in [0, 0.05) is 4.47 Å². The molecule has 0 atom stereocenters. The molecule has 5 heteroatoms. The van der Waals surface area contributed by atoms with Crippen molar-refractivity contribution >= 4 is 28.1 Å². The predicted molar refractivity (Wildman–Crippen MR) is 67.9 cm³/mol. The lowest BCUT2D eigenvalue weighted by Gasteiger charge is -2.01. The molecule has 2 rings (SSSR count). The van der Waals surface area contributed by atoms with Crippen LogP contribution in [0.5, 0.6) is 0 Å². The number of carbonyl (C=O) groups is 1. The third-order valence-corrected chi connectivity index (χ3v) is 2.71. The second-order valence-corrected chi connectivity index (χ2v) is 4.05. The molecule has 2 aromatic rings. The van der Waals surface area contributed by atoms with Gasteiger partial charge >= 0.3 is 0 Å². The highest BCUT2D eigenvalue weighted by atomic mass is 79.9. The molecule has 1 heterocycles. The van der Waals surface area contributed by atoms with Crippen molar-refractivity contribution in [1.82, 2.24) is 5.43 Å². The van der Waals surface area contributed by atoms with E-state index < -0.39 is 0 Å². The lowest BCUT2D eigenvalue weighted by Crippen LogP contribution is -2.17. The van der Waals surface area contributed by atoms with Gasteiger partial charge in [0.2, 0.25) is 0 Å². The Morgan fingerprint density at radius 3 is 2.82 bits per heavy atom. The van der Waals surface area contributed by atoms with E-state index in [4.69, 9.17) is 4.42 Å². The highest BCUT2D eigenvalue weighted by molar-refractivity contribution is 9.10.